The van der Waals surface area contributed by atoms with Gasteiger partial charge in [0.1, 0.15) is 0 Å². The molecule has 1 aliphatic heterocycles. The Balaban J connectivity index is 2.00. The van der Waals surface area contributed by atoms with Crippen molar-refractivity contribution in [3.63, 3.8) is 0 Å². The Hall–Kier alpha value is -1.13. The number of hydrogen-bond acceptors (Lipinski definition) is 3. The number of ether oxygens (including phenoxy) is 2. The number of rotatable bonds is 5. The standard InChI is InChI=1S/C15H22FNO2/c1-10(17-11(2)13-6-7-19-9-13)12-4-5-14(16)15(8-12)18-3/h4-5,8,10-11,13,17H,6-7,9H2,1-3H3/t10-,11+,13-/m1/s1. The van der Waals surface area contributed by atoms with Crippen LogP contribution < -0.4 is 10.1 Å². The summed E-state index contributed by atoms with van der Waals surface area (Å²) in [4.78, 5) is 0. The Morgan fingerprint density at radius 1 is 1.42 bits per heavy atom. The van der Waals surface area contributed by atoms with Crippen molar-refractivity contribution in [1.82, 2.24) is 5.32 Å². The molecule has 19 heavy (non-hydrogen) atoms. The number of benzene rings is 1. The van der Waals surface area contributed by atoms with E-state index in [1.165, 1.54) is 13.2 Å². The Morgan fingerprint density at radius 2 is 2.21 bits per heavy atom. The van der Waals surface area contributed by atoms with Gasteiger partial charge < -0.3 is 14.8 Å². The molecule has 3 nitrogen and oxygen atoms in total. The fourth-order valence-electron chi connectivity index (χ4n) is 2.52. The lowest BCUT2D eigenvalue weighted by atomic mass is 9.98. The van der Waals surface area contributed by atoms with Gasteiger partial charge in [0.05, 0.1) is 13.7 Å². The van der Waals surface area contributed by atoms with Gasteiger partial charge in [-0.15, -0.1) is 0 Å². The Morgan fingerprint density at radius 3 is 2.84 bits per heavy atom. The largest absolute Gasteiger partial charge is 0.494 e. The minimum Gasteiger partial charge on any atom is -0.494 e. The van der Waals surface area contributed by atoms with Crippen LogP contribution in [0.5, 0.6) is 5.75 Å². The number of hydrogen-bond donors (Lipinski definition) is 1. The molecule has 1 heterocycles. The summed E-state index contributed by atoms with van der Waals surface area (Å²) in [7, 11) is 1.48. The van der Waals surface area contributed by atoms with E-state index < -0.39 is 0 Å². The fraction of sp³-hybridized carbons (Fsp3) is 0.600. The van der Waals surface area contributed by atoms with E-state index >= 15 is 0 Å². The molecule has 0 amide bonds. The number of methoxy groups -OCH3 is 1. The monoisotopic (exact) mass is 267 g/mol. The van der Waals surface area contributed by atoms with Crippen LogP contribution in [0.4, 0.5) is 4.39 Å². The van der Waals surface area contributed by atoms with E-state index in [-0.39, 0.29) is 11.9 Å². The zero-order valence-electron chi connectivity index (χ0n) is 11.8. The molecule has 1 aliphatic rings. The molecule has 0 bridgehead atoms. The Bertz CT molecular complexity index is 419. The van der Waals surface area contributed by atoms with Crippen LogP contribution in [0.3, 0.4) is 0 Å². The van der Waals surface area contributed by atoms with Crippen molar-refractivity contribution in [3.8, 4) is 5.75 Å². The molecular weight excluding hydrogens is 245 g/mol. The molecule has 0 aromatic heterocycles. The van der Waals surface area contributed by atoms with Crippen molar-refractivity contribution < 1.29 is 13.9 Å². The van der Waals surface area contributed by atoms with Crippen molar-refractivity contribution in [1.29, 1.82) is 0 Å². The van der Waals surface area contributed by atoms with Gasteiger partial charge in [-0.1, -0.05) is 6.07 Å². The quantitative estimate of drug-likeness (QED) is 0.889. The molecule has 0 unspecified atom stereocenters. The summed E-state index contributed by atoms with van der Waals surface area (Å²) in [6.45, 7) is 5.94. The lowest BCUT2D eigenvalue weighted by Crippen LogP contribution is -2.35. The van der Waals surface area contributed by atoms with Crippen LogP contribution in [-0.4, -0.2) is 26.4 Å². The van der Waals surface area contributed by atoms with Crippen LogP contribution in [0.15, 0.2) is 18.2 Å². The average Bonchev–Trinajstić information content (AvgIpc) is 2.93. The predicted octanol–water partition coefficient (Wildman–Crippen LogP) is 2.91. The maximum Gasteiger partial charge on any atom is 0.165 e. The zero-order valence-corrected chi connectivity index (χ0v) is 11.8. The van der Waals surface area contributed by atoms with Crippen LogP contribution in [0.2, 0.25) is 0 Å². The second-order valence-electron chi connectivity index (χ2n) is 5.19. The first-order valence-corrected chi connectivity index (χ1v) is 6.79. The highest BCUT2D eigenvalue weighted by molar-refractivity contribution is 5.32. The summed E-state index contributed by atoms with van der Waals surface area (Å²) in [5.41, 5.74) is 1.03. The van der Waals surface area contributed by atoms with Crippen LogP contribution in [0.25, 0.3) is 0 Å². The molecule has 2 rings (SSSR count). The third kappa shape index (κ3) is 3.45. The van der Waals surface area contributed by atoms with Gasteiger partial charge in [0.25, 0.3) is 0 Å². The lowest BCUT2D eigenvalue weighted by molar-refractivity contribution is 0.177. The molecule has 0 aliphatic carbocycles. The minimum absolute atomic E-state index is 0.157. The summed E-state index contributed by atoms with van der Waals surface area (Å²) in [6, 6.07) is 5.55. The summed E-state index contributed by atoms with van der Waals surface area (Å²) in [6.07, 6.45) is 1.10. The van der Waals surface area contributed by atoms with Crippen molar-refractivity contribution in [2.24, 2.45) is 5.92 Å². The summed E-state index contributed by atoms with van der Waals surface area (Å²) >= 11 is 0. The van der Waals surface area contributed by atoms with Gasteiger partial charge in [-0.05, 0) is 43.9 Å². The van der Waals surface area contributed by atoms with Crippen LogP contribution in [0.1, 0.15) is 31.9 Å². The first-order valence-electron chi connectivity index (χ1n) is 6.79. The van der Waals surface area contributed by atoms with Gasteiger partial charge >= 0.3 is 0 Å². The van der Waals surface area contributed by atoms with Crippen molar-refractivity contribution in [2.45, 2.75) is 32.4 Å². The molecule has 1 N–H and O–H groups in total. The molecule has 1 aromatic rings. The first-order chi connectivity index (χ1) is 9.11. The topological polar surface area (TPSA) is 30.5 Å². The summed E-state index contributed by atoms with van der Waals surface area (Å²) in [5.74, 6) is 0.531. The van der Waals surface area contributed by atoms with Gasteiger partial charge in [-0.25, -0.2) is 4.39 Å². The van der Waals surface area contributed by atoms with Crippen LogP contribution >= 0.6 is 0 Å². The van der Waals surface area contributed by atoms with E-state index in [4.69, 9.17) is 9.47 Å². The predicted molar refractivity (Wildman–Crippen MR) is 72.9 cm³/mol. The second kappa shape index (κ2) is 6.35. The number of nitrogens with one attached hydrogen (secondary N) is 1. The van der Waals surface area contributed by atoms with Crippen molar-refractivity contribution in [2.75, 3.05) is 20.3 Å². The van der Waals surface area contributed by atoms with Gasteiger partial charge in [-0.3, -0.25) is 0 Å². The average molecular weight is 267 g/mol. The van der Waals surface area contributed by atoms with Gasteiger partial charge in [0.15, 0.2) is 11.6 Å². The molecule has 1 fully saturated rings. The highest BCUT2D eigenvalue weighted by atomic mass is 19.1. The maximum atomic E-state index is 13.4. The van der Waals surface area contributed by atoms with Crippen molar-refractivity contribution in [3.05, 3.63) is 29.6 Å². The highest BCUT2D eigenvalue weighted by Crippen LogP contribution is 2.24. The second-order valence-corrected chi connectivity index (χ2v) is 5.19. The van der Waals surface area contributed by atoms with Crippen LogP contribution in [0, 0.1) is 11.7 Å². The molecule has 0 radical (unpaired) electrons. The summed E-state index contributed by atoms with van der Waals surface area (Å²) < 4.78 is 23.8. The van der Waals surface area contributed by atoms with E-state index in [1.54, 1.807) is 12.1 Å². The fourth-order valence-corrected chi connectivity index (χ4v) is 2.52. The molecule has 106 valence electrons. The zero-order chi connectivity index (χ0) is 13.8. The maximum absolute atomic E-state index is 13.4. The molecular formula is C15H22FNO2. The van der Waals surface area contributed by atoms with E-state index in [2.05, 4.69) is 19.2 Å². The normalized spacial score (nSPS) is 22.2. The molecule has 0 saturated carbocycles. The minimum atomic E-state index is -0.323. The van der Waals surface area contributed by atoms with E-state index in [0.29, 0.717) is 17.7 Å². The van der Waals surface area contributed by atoms with Crippen molar-refractivity contribution >= 4 is 0 Å². The van der Waals surface area contributed by atoms with E-state index in [1.807, 2.05) is 0 Å². The smallest absolute Gasteiger partial charge is 0.165 e. The van der Waals surface area contributed by atoms with Gasteiger partial charge in [-0.2, -0.15) is 0 Å². The SMILES string of the molecule is COc1cc([C@@H](C)N[C@@H](C)[C@@H]2CCOC2)ccc1F. The van der Waals surface area contributed by atoms with Gasteiger partial charge in [0.2, 0.25) is 0 Å². The van der Waals surface area contributed by atoms with E-state index in [0.717, 1.165) is 25.2 Å². The molecule has 3 atom stereocenters. The number of halogens is 1. The first kappa shape index (κ1) is 14.3. The Kier molecular flexibility index (Phi) is 4.77. The van der Waals surface area contributed by atoms with Gasteiger partial charge in [0, 0.05) is 18.7 Å². The molecule has 1 aromatic carbocycles. The van der Waals surface area contributed by atoms with E-state index in [9.17, 15) is 4.39 Å². The Labute approximate surface area is 114 Å². The lowest BCUT2D eigenvalue weighted by Gasteiger charge is -2.24. The molecule has 0 spiro atoms. The highest BCUT2D eigenvalue weighted by Gasteiger charge is 2.23. The third-order valence-electron chi connectivity index (χ3n) is 3.86. The third-order valence-corrected chi connectivity index (χ3v) is 3.86. The van der Waals surface area contributed by atoms with Crippen LogP contribution in [-0.2, 0) is 4.74 Å². The molecule has 1 saturated heterocycles. The molecule has 4 heteroatoms. The summed E-state index contributed by atoms with van der Waals surface area (Å²) in [5, 5.41) is 3.55.